The van der Waals surface area contributed by atoms with Crippen LogP contribution in [0.4, 0.5) is 0 Å². The molecule has 3 N–H and O–H groups in total. The third kappa shape index (κ3) is 4.57. The Balaban J connectivity index is 1.45. The second-order valence-electron chi connectivity index (χ2n) is 8.92. The van der Waals surface area contributed by atoms with Crippen LogP contribution in [0.5, 0.6) is 0 Å². The zero-order chi connectivity index (χ0) is 21.1. The molecule has 0 aromatic heterocycles. The first-order valence-corrected chi connectivity index (χ1v) is 11.2. The van der Waals surface area contributed by atoms with E-state index >= 15 is 0 Å². The number of rotatable bonds is 8. The predicted octanol–water partition coefficient (Wildman–Crippen LogP) is 1.79. The summed E-state index contributed by atoms with van der Waals surface area (Å²) < 4.78 is 0. The maximum Gasteiger partial charge on any atom is 0.255 e. The van der Waals surface area contributed by atoms with Crippen molar-refractivity contribution in [2.45, 2.75) is 64.1 Å². The minimum absolute atomic E-state index is 0.106. The highest BCUT2D eigenvalue weighted by Gasteiger charge is 2.39. The van der Waals surface area contributed by atoms with Crippen LogP contribution in [-0.4, -0.2) is 53.2 Å². The van der Waals surface area contributed by atoms with E-state index in [4.69, 9.17) is 5.73 Å². The number of amides is 3. The lowest BCUT2D eigenvalue weighted by Crippen LogP contribution is -2.52. The molecule has 7 nitrogen and oxygen atoms in total. The van der Waals surface area contributed by atoms with Gasteiger partial charge in [-0.1, -0.05) is 25.0 Å². The van der Waals surface area contributed by atoms with Gasteiger partial charge in [-0.3, -0.25) is 24.6 Å². The Morgan fingerprint density at radius 2 is 1.93 bits per heavy atom. The van der Waals surface area contributed by atoms with Gasteiger partial charge in [-0.05, 0) is 61.9 Å². The van der Waals surface area contributed by atoms with Crippen LogP contribution in [0.15, 0.2) is 18.2 Å². The Kier molecular flexibility index (Phi) is 6.49. The molecule has 1 saturated carbocycles. The summed E-state index contributed by atoms with van der Waals surface area (Å²) in [6, 6.07) is 5.55. The third-order valence-corrected chi connectivity index (χ3v) is 6.67. The van der Waals surface area contributed by atoms with E-state index in [1.807, 2.05) is 12.1 Å². The van der Waals surface area contributed by atoms with Crippen LogP contribution in [0, 0.1) is 5.92 Å². The normalized spacial score (nSPS) is 22.1. The van der Waals surface area contributed by atoms with E-state index in [-0.39, 0.29) is 24.1 Å². The molecule has 1 aromatic carbocycles. The predicted molar refractivity (Wildman–Crippen MR) is 113 cm³/mol. The van der Waals surface area contributed by atoms with Crippen molar-refractivity contribution in [3.63, 3.8) is 0 Å². The molecule has 1 aliphatic carbocycles. The number of nitrogens with two attached hydrogens (primary N) is 1. The number of hydrogen-bond acceptors (Lipinski definition) is 5. The van der Waals surface area contributed by atoms with Gasteiger partial charge in [-0.15, -0.1) is 0 Å². The highest BCUT2D eigenvalue weighted by atomic mass is 16.2. The number of piperidine rings is 1. The minimum Gasteiger partial charge on any atom is -0.330 e. The first kappa shape index (κ1) is 21.0. The quantitative estimate of drug-likeness (QED) is 0.635. The topological polar surface area (TPSA) is 95.7 Å². The second-order valence-corrected chi connectivity index (χ2v) is 8.92. The molecule has 1 aromatic rings. The lowest BCUT2D eigenvalue weighted by atomic mass is 10.0. The fourth-order valence-corrected chi connectivity index (χ4v) is 5.07. The summed E-state index contributed by atoms with van der Waals surface area (Å²) in [4.78, 5) is 40.8. The molecule has 0 radical (unpaired) electrons. The third-order valence-electron chi connectivity index (χ3n) is 6.67. The molecule has 30 heavy (non-hydrogen) atoms. The summed E-state index contributed by atoms with van der Waals surface area (Å²) in [7, 11) is 0. The van der Waals surface area contributed by atoms with Gasteiger partial charge in [0.05, 0.1) is 0 Å². The van der Waals surface area contributed by atoms with E-state index in [1.54, 1.807) is 4.90 Å². The summed E-state index contributed by atoms with van der Waals surface area (Å²) in [6.07, 6.45) is 6.92. The van der Waals surface area contributed by atoms with E-state index in [1.165, 1.54) is 25.7 Å². The van der Waals surface area contributed by atoms with Crippen LogP contribution in [-0.2, 0) is 22.7 Å². The van der Waals surface area contributed by atoms with Crippen molar-refractivity contribution < 1.29 is 14.4 Å². The molecule has 1 unspecified atom stereocenters. The molecule has 3 amide bonds. The number of benzene rings is 1. The Morgan fingerprint density at radius 1 is 1.13 bits per heavy atom. The van der Waals surface area contributed by atoms with Gasteiger partial charge in [-0.25, -0.2) is 0 Å². The van der Waals surface area contributed by atoms with E-state index < -0.39 is 6.04 Å². The maximum absolute atomic E-state index is 13.0. The Bertz CT molecular complexity index is 819. The van der Waals surface area contributed by atoms with Gasteiger partial charge in [0.1, 0.15) is 6.04 Å². The van der Waals surface area contributed by atoms with Gasteiger partial charge >= 0.3 is 0 Å². The standard InChI is InChI=1S/C23H32N4O3/c24-10-3-11-26(13-16-4-1-2-5-16)14-17-6-7-18-15-27(23(30)19(18)12-17)20-8-9-21(28)25-22(20)29/h6-7,12,16,20H,1-5,8-11,13-15,24H2,(H,25,28,29). The van der Waals surface area contributed by atoms with Crippen molar-refractivity contribution in [1.29, 1.82) is 0 Å². The van der Waals surface area contributed by atoms with Crippen molar-refractivity contribution in [1.82, 2.24) is 15.1 Å². The lowest BCUT2D eigenvalue weighted by molar-refractivity contribution is -0.136. The van der Waals surface area contributed by atoms with Crippen LogP contribution in [0.2, 0.25) is 0 Å². The summed E-state index contributed by atoms with van der Waals surface area (Å²) in [5.41, 5.74) is 8.52. The SMILES string of the molecule is NCCCN(Cc1ccc2c(c1)C(=O)N(C1CCC(=O)NC1=O)C2)CC1CCCC1. The lowest BCUT2D eigenvalue weighted by Gasteiger charge is -2.29. The average molecular weight is 413 g/mol. The Labute approximate surface area is 178 Å². The number of fused-ring (bicyclic) bond motifs is 1. The summed E-state index contributed by atoms with van der Waals surface area (Å²) in [6.45, 7) is 3.99. The van der Waals surface area contributed by atoms with Crippen molar-refractivity contribution >= 4 is 17.7 Å². The maximum atomic E-state index is 13.0. The molecule has 4 rings (SSSR count). The van der Waals surface area contributed by atoms with E-state index in [9.17, 15) is 14.4 Å². The molecule has 7 heteroatoms. The zero-order valence-corrected chi connectivity index (χ0v) is 17.6. The Hall–Kier alpha value is -2.25. The van der Waals surface area contributed by atoms with Crippen LogP contribution in [0.3, 0.4) is 0 Å². The number of imide groups is 1. The average Bonchev–Trinajstić information content (AvgIpc) is 3.34. The van der Waals surface area contributed by atoms with E-state index in [0.29, 0.717) is 25.1 Å². The first-order chi connectivity index (χ1) is 14.5. The molecule has 2 aliphatic heterocycles. The van der Waals surface area contributed by atoms with Crippen LogP contribution in [0.1, 0.15) is 66.4 Å². The van der Waals surface area contributed by atoms with Crippen molar-refractivity contribution in [2.75, 3.05) is 19.6 Å². The first-order valence-electron chi connectivity index (χ1n) is 11.2. The molecular weight excluding hydrogens is 380 g/mol. The second kappa shape index (κ2) is 9.27. The summed E-state index contributed by atoms with van der Waals surface area (Å²) in [5.74, 6) is 0.0344. The monoisotopic (exact) mass is 412 g/mol. The largest absolute Gasteiger partial charge is 0.330 e. The number of carbonyl (C=O) groups is 3. The van der Waals surface area contributed by atoms with E-state index in [2.05, 4.69) is 16.3 Å². The van der Waals surface area contributed by atoms with Gasteiger partial charge in [0.25, 0.3) is 5.91 Å². The highest BCUT2D eigenvalue weighted by Crippen LogP contribution is 2.29. The minimum atomic E-state index is -0.561. The van der Waals surface area contributed by atoms with Gasteiger partial charge in [0.2, 0.25) is 11.8 Å². The summed E-state index contributed by atoms with van der Waals surface area (Å²) >= 11 is 0. The highest BCUT2D eigenvalue weighted by molar-refractivity contribution is 6.05. The van der Waals surface area contributed by atoms with Crippen LogP contribution in [0.25, 0.3) is 0 Å². The van der Waals surface area contributed by atoms with Crippen molar-refractivity contribution in [2.24, 2.45) is 11.7 Å². The van der Waals surface area contributed by atoms with Gasteiger partial charge in [-0.2, -0.15) is 0 Å². The fourth-order valence-electron chi connectivity index (χ4n) is 5.07. The fraction of sp³-hybridized carbons (Fsp3) is 0.609. The molecule has 2 fully saturated rings. The molecule has 3 aliphatic rings. The molecule has 0 bridgehead atoms. The zero-order valence-electron chi connectivity index (χ0n) is 17.6. The smallest absolute Gasteiger partial charge is 0.255 e. The molecule has 0 spiro atoms. The van der Waals surface area contributed by atoms with Gasteiger partial charge in [0.15, 0.2) is 0 Å². The number of nitrogens with one attached hydrogen (secondary N) is 1. The molecule has 2 heterocycles. The van der Waals surface area contributed by atoms with Crippen molar-refractivity contribution in [3.05, 3.63) is 34.9 Å². The Morgan fingerprint density at radius 3 is 2.67 bits per heavy atom. The van der Waals surface area contributed by atoms with Crippen LogP contribution < -0.4 is 11.1 Å². The number of hydrogen-bond donors (Lipinski definition) is 2. The van der Waals surface area contributed by atoms with Gasteiger partial charge in [0, 0.05) is 31.6 Å². The molecular formula is C23H32N4O3. The van der Waals surface area contributed by atoms with E-state index in [0.717, 1.165) is 43.1 Å². The molecule has 1 saturated heterocycles. The van der Waals surface area contributed by atoms with Crippen LogP contribution >= 0.6 is 0 Å². The van der Waals surface area contributed by atoms with Gasteiger partial charge < -0.3 is 10.6 Å². The number of nitrogens with zero attached hydrogens (tertiary/aromatic N) is 2. The van der Waals surface area contributed by atoms with Crippen molar-refractivity contribution in [3.8, 4) is 0 Å². The molecule has 1 atom stereocenters. The summed E-state index contributed by atoms with van der Waals surface area (Å²) in [5, 5.41) is 2.36. The number of carbonyl (C=O) groups excluding carboxylic acids is 3. The molecule has 162 valence electrons.